The summed E-state index contributed by atoms with van der Waals surface area (Å²) in [5.41, 5.74) is 1.24. The van der Waals surface area contributed by atoms with Crippen molar-refractivity contribution in [1.29, 1.82) is 0 Å². The Kier molecular flexibility index (Phi) is 5.72. The van der Waals surface area contributed by atoms with E-state index in [1.54, 1.807) is 6.07 Å². The van der Waals surface area contributed by atoms with Crippen molar-refractivity contribution in [2.24, 2.45) is 0 Å². The molecule has 1 aromatic heterocycles. The second kappa shape index (κ2) is 7.76. The van der Waals surface area contributed by atoms with E-state index in [9.17, 15) is 10.1 Å². The molecule has 0 amide bonds. The number of hydrogen-bond donors (Lipinski definition) is 0. The van der Waals surface area contributed by atoms with Crippen LogP contribution in [-0.2, 0) is 6.42 Å². The average molecular weight is 290 g/mol. The maximum absolute atomic E-state index is 10.7. The zero-order valence-corrected chi connectivity index (χ0v) is 12.5. The highest BCUT2D eigenvalue weighted by molar-refractivity contribution is 5.75. The van der Waals surface area contributed by atoms with Crippen molar-refractivity contribution < 1.29 is 9.34 Å². The number of unbranched alkanes of at least 4 members (excludes halogenated alkanes) is 6. The Balaban J connectivity index is 1.81. The first kappa shape index (κ1) is 15.5. The Labute approximate surface area is 124 Å². The zero-order chi connectivity index (χ0) is 15.1. The molecule has 5 heteroatoms. The van der Waals surface area contributed by atoms with Gasteiger partial charge in [0.2, 0.25) is 0 Å². The highest BCUT2D eigenvalue weighted by Gasteiger charge is 2.11. The molecule has 1 heterocycles. The number of hydrogen-bond acceptors (Lipinski definition) is 4. The van der Waals surface area contributed by atoms with Crippen molar-refractivity contribution in [3.05, 3.63) is 34.2 Å². The van der Waals surface area contributed by atoms with Gasteiger partial charge >= 0.3 is 0 Å². The fraction of sp³-hybridized carbons (Fsp3) is 0.562. The first-order chi connectivity index (χ1) is 10.2. The van der Waals surface area contributed by atoms with Gasteiger partial charge in [0.05, 0.1) is 11.0 Å². The molecule has 0 aliphatic heterocycles. The van der Waals surface area contributed by atoms with Gasteiger partial charge in [0.25, 0.3) is 5.69 Å². The van der Waals surface area contributed by atoms with Crippen molar-refractivity contribution in [3.63, 3.8) is 0 Å². The van der Waals surface area contributed by atoms with E-state index in [0.29, 0.717) is 17.0 Å². The van der Waals surface area contributed by atoms with Crippen LogP contribution in [0.1, 0.15) is 57.8 Å². The lowest BCUT2D eigenvalue weighted by molar-refractivity contribution is -0.384. The number of aromatic nitrogens is 1. The van der Waals surface area contributed by atoms with Crippen LogP contribution in [0.4, 0.5) is 5.69 Å². The molecule has 0 saturated carbocycles. The van der Waals surface area contributed by atoms with E-state index >= 15 is 0 Å². The van der Waals surface area contributed by atoms with E-state index in [4.69, 9.17) is 4.42 Å². The number of rotatable bonds is 9. The lowest BCUT2D eigenvalue weighted by atomic mass is 10.1. The van der Waals surface area contributed by atoms with Crippen molar-refractivity contribution in [2.45, 2.75) is 58.3 Å². The van der Waals surface area contributed by atoms with Crippen LogP contribution in [0.2, 0.25) is 0 Å². The third kappa shape index (κ3) is 4.55. The van der Waals surface area contributed by atoms with Crippen LogP contribution in [0, 0.1) is 10.1 Å². The maximum Gasteiger partial charge on any atom is 0.273 e. The summed E-state index contributed by atoms with van der Waals surface area (Å²) in [6.07, 6.45) is 9.52. The van der Waals surface area contributed by atoms with Crippen LogP contribution in [0.25, 0.3) is 11.1 Å². The van der Waals surface area contributed by atoms with E-state index in [0.717, 1.165) is 12.8 Å². The maximum atomic E-state index is 10.7. The summed E-state index contributed by atoms with van der Waals surface area (Å²) in [4.78, 5) is 14.7. The second-order valence-electron chi connectivity index (χ2n) is 5.39. The normalized spacial score (nSPS) is 11.1. The number of nitro groups is 1. The van der Waals surface area contributed by atoms with Crippen molar-refractivity contribution in [3.8, 4) is 0 Å². The van der Waals surface area contributed by atoms with Crippen LogP contribution in [0.3, 0.4) is 0 Å². The molecular weight excluding hydrogens is 268 g/mol. The summed E-state index contributed by atoms with van der Waals surface area (Å²) < 4.78 is 5.59. The SMILES string of the molecule is CCCCCCCCCc1nc2ccc([N+](=O)[O-])cc2o1. The molecule has 2 aromatic rings. The zero-order valence-electron chi connectivity index (χ0n) is 12.5. The molecule has 5 nitrogen and oxygen atoms in total. The summed E-state index contributed by atoms with van der Waals surface area (Å²) in [6, 6.07) is 4.55. The monoisotopic (exact) mass is 290 g/mol. The van der Waals surface area contributed by atoms with Crippen LogP contribution in [0.15, 0.2) is 22.6 Å². The lowest BCUT2D eigenvalue weighted by Crippen LogP contribution is -1.86. The third-order valence-corrected chi connectivity index (χ3v) is 3.62. The van der Waals surface area contributed by atoms with Crippen molar-refractivity contribution >= 4 is 16.8 Å². The molecule has 0 spiro atoms. The van der Waals surface area contributed by atoms with Crippen LogP contribution in [0.5, 0.6) is 0 Å². The van der Waals surface area contributed by atoms with Gasteiger partial charge in [-0.15, -0.1) is 0 Å². The van der Waals surface area contributed by atoms with Crippen molar-refractivity contribution in [2.75, 3.05) is 0 Å². The minimum absolute atomic E-state index is 0.0427. The molecule has 1 aromatic carbocycles. The number of aryl methyl sites for hydroxylation is 1. The molecule has 0 radical (unpaired) electrons. The highest BCUT2D eigenvalue weighted by atomic mass is 16.6. The summed E-state index contributed by atoms with van der Waals surface area (Å²) in [5.74, 6) is 0.680. The molecule has 21 heavy (non-hydrogen) atoms. The average Bonchev–Trinajstić information content (AvgIpc) is 2.88. The van der Waals surface area contributed by atoms with Gasteiger partial charge in [0.1, 0.15) is 5.52 Å². The Morgan fingerprint density at radius 2 is 1.86 bits per heavy atom. The van der Waals surface area contributed by atoms with Gasteiger partial charge in [0, 0.05) is 12.5 Å². The Bertz CT molecular complexity index is 592. The summed E-state index contributed by atoms with van der Waals surface area (Å²) >= 11 is 0. The Morgan fingerprint density at radius 1 is 1.14 bits per heavy atom. The van der Waals surface area contributed by atoms with Gasteiger partial charge in [-0.2, -0.15) is 0 Å². The molecule has 0 aliphatic carbocycles. The molecule has 0 fully saturated rings. The smallest absolute Gasteiger partial charge is 0.273 e. The second-order valence-corrected chi connectivity index (χ2v) is 5.39. The number of fused-ring (bicyclic) bond motifs is 1. The number of nitro benzene ring substituents is 1. The van der Waals surface area contributed by atoms with Crippen LogP contribution in [-0.4, -0.2) is 9.91 Å². The number of oxazole rings is 1. The predicted molar refractivity (Wildman–Crippen MR) is 82.4 cm³/mol. The molecule has 0 atom stereocenters. The van der Waals surface area contributed by atoms with E-state index in [-0.39, 0.29) is 5.69 Å². The number of benzene rings is 1. The topological polar surface area (TPSA) is 69.2 Å². The fourth-order valence-electron chi connectivity index (χ4n) is 2.41. The molecule has 2 rings (SSSR count). The quantitative estimate of drug-likeness (QED) is 0.369. The van der Waals surface area contributed by atoms with Crippen molar-refractivity contribution in [1.82, 2.24) is 4.98 Å². The van der Waals surface area contributed by atoms with Crippen LogP contribution >= 0.6 is 0 Å². The molecule has 0 aliphatic rings. The van der Waals surface area contributed by atoms with Gasteiger partial charge in [-0.1, -0.05) is 45.4 Å². The molecule has 0 bridgehead atoms. The van der Waals surface area contributed by atoms with E-state index in [1.807, 2.05) is 0 Å². The lowest BCUT2D eigenvalue weighted by Gasteiger charge is -1.99. The van der Waals surface area contributed by atoms with Crippen LogP contribution < -0.4 is 0 Å². The molecule has 0 saturated heterocycles. The van der Waals surface area contributed by atoms with E-state index in [2.05, 4.69) is 11.9 Å². The predicted octanol–water partition coefficient (Wildman–Crippen LogP) is 5.03. The first-order valence-corrected chi connectivity index (χ1v) is 7.74. The van der Waals surface area contributed by atoms with Gasteiger partial charge in [-0.05, 0) is 12.5 Å². The van der Waals surface area contributed by atoms with Gasteiger partial charge in [0.15, 0.2) is 11.5 Å². The molecule has 0 N–H and O–H groups in total. The molecule has 0 unspecified atom stereocenters. The van der Waals surface area contributed by atoms with E-state index in [1.165, 1.54) is 50.7 Å². The Hall–Kier alpha value is -1.91. The van der Waals surface area contributed by atoms with E-state index < -0.39 is 4.92 Å². The highest BCUT2D eigenvalue weighted by Crippen LogP contribution is 2.22. The number of nitrogens with zero attached hydrogens (tertiary/aromatic N) is 2. The minimum Gasteiger partial charge on any atom is -0.440 e. The standard InChI is InChI=1S/C16H22N2O3/c1-2-3-4-5-6-7-8-9-16-17-14-11-10-13(18(19)20)12-15(14)21-16/h10-12H,2-9H2,1H3. The summed E-state index contributed by atoms with van der Waals surface area (Å²) in [6.45, 7) is 2.22. The summed E-state index contributed by atoms with van der Waals surface area (Å²) in [5, 5.41) is 10.7. The molecular formula is C16H22N2O3. The largest absolute Gasteiger partial charge is 0.440 e. The van der Waals surface area contributed by atoms with Gasteiger partial charge < -0.3 is 4.42 Å². The summed E-state index contributed by atoms with van der Waals surface area (Å²) in [7, 11) is 0. The van der Waals surface area contributed by atoms with Gasteiger partial charge in [-0.3, -0.25) is 10.1 Å². The number of non-ortho nitro benzene ring substituents is 1. The fourth-order valence-corrected chi connectivity index (χ4v) is 2.41. The Morgan fingerprint density at radius 3 is 2.57 bits per heavy atom. The first-order valence-electron chi connectivity index (χ1n) is 7.74. The van der Waals surface area contributed by atoms with Gasteiger partial charge in [-0.25, -0.2) is 4.98 Å². The minimum atomic E-state index is -0.419. The molecule has 114 valence electrons. The third-order valence-electron chi connectivity index (χ3n) is 3.62.